The molecule has 0 saturated carbocycles. The van der Waals surface area contributed by atoms with E-state index in [1.165, 1.54) is 12.2 Å². The number of ketones is 2. The number of hydrogen-bond donors (Lipinski definition) is 1. The van der Waals surface area contributed by atoms with Crippen LogP contribution >= 0.6 is 0 Å². The number of aromatic nitrogens is 1. The number of fused-ring (bicyclic) bond motifs is 1. The Hall–Kier alpha value is -3.20. The number of nitrogens with one attached hydrogen (secondary N) is 1. The van der Waals surface area contributed by atoms with Gasteiger partial charge >= 0.3 is 0 Å². The summed E-state index contributed by atoms with van der Waals surface area (Å²) >= 11 is 0. The van der Waals surface area contributed by atoms with E-state index in [1.807, 2.05) is 60.7 Å². The van der Waals surface area contributed by atoms with E-state index in [-0.39, 0.29) is 11.6 Å². The third-order valence-electron chi connectivity index (χ3n) is 4.00. The minimum absolute atomic E-state index is 0.142. The van der Waals surface area contributed by atoms with E-state index in [0.717, 1.165) is 11.1 Å². The molecule has 3 heteroatoms. The maximum Gasteiger partial charge on any atom is 0.188 e. The van der Waals surface area contributed by atoms with Gasteiger partial charge in [0.25, 0.3) is 0 Å². The molecule has 1 aromatic heterocycles. The summed E-state index contributed by atoms with van der Waals surface area (Å²) in [5, 5.41) is 0. The molecule has 0 aliphatic heterocycles. The highest BCUT2D eigenvalue weighted by Gasteiger charge is 2.29. The van der Waals surface area contributed by atoms with Crippen molar-refractivity contribution in [3.63, 3.8) is 0 Å². The van der Waals surface area contributed by atoms with Crippen LogP contribution in [0, 0.1) is 0 Å². The van der Waals surface area contributed by atoms with Gasteiger partial charge in [-0.1, -0.05) is 60.7 Å². The molecule has 0 fully saturated rings. The number of hydrogen-bond acceptors (Lipinski definition) is 2. The van der Waals surface area contributed by atoms with Gasteiger partial charge in [-0.2, -0.15) is 0 Å². The number of carbonyl (C=O) groups is 2. The molecule has 23 heavy (non-hydrogen) atoms. The van der Waals surface area contributed by atoms with Crippen LogP contribution in [0.4, 0.5) is 0 Å². The Balaban J connectivity index is 2.04. The standard InChI is InChI=1S/C20H13NO2/c22-15-11-12-16(23)18-17(15)19(13-7-3-1-4-8-13)21-20(18)14-9-5-2-6-10-14/h1-12,21H. The van der Waals surface area contributed by atoms with E-state index in [9.17, 15) is 9.59 Å². The van der Waals surface area contributed by atoms with Gasteiger partial charge in [0.05, 0.1) is 22.5 Å². The van der Waals surface area contributed by atoms with Crippen LogP contribution in [-0.4, -0.2) is 16.6 Å². The fourth-order valence-electron chi connectivity index (χ4n) is 2.95. The third kappa shape index (κ3) is 2.14. The van der Waals surface area contributed by atoms with Crippen molar-refractivity contribution in [1.29, 1.82) is 0 Å². The fourth-order valence-corrected chi connectivity index (χ4v) is 2.95. The normalized spacial score (nSPS) is 13.2. The molecule has 0 bridgehead atoms. The van der Waals surface area contributed by atoms with Crippen molar-refractivity contribution >= 4 is 11.6 Å². The van der Waals surface area contributed by atoms with Crippen molar-refractivity contribution in [2.75, 3.05) is 0 Å². The number of aromatic amines is 1. The lowest BCUT2D eigenvalue weighted by molar-refractivity contribution is 0.0996. The number of rotatable bonds is 2. The van der Waals surface area contributed by atoms with E-state index in [4.69, 9.17) is 0 Å². The Morgan fingerprint density at radius 1 is 0.565 bits per heavy atom. The van der Waals surface area contributed by atoms with Crippen molar-refractivity contribution in [2.24, 2.45) is 0 Å². The molecule has 0 atom stereocenters. The number of allylic oxidation sites excluding steroid dienone is 2. The van der Waals surface area contributed by atoms with E-state index >= 15 is 0 Å². The van der Waals surface area contributed by atoms with Gasteiger partial charge in [0, 0.05) is 0 Å². The lowest BCUT2D eigenvalue weighted by Gasteiger charge is -2.07. The maximum absolute atomic E-state index is 12.4. The van der Waals surface area contributed by atoms with Gasteiger partial charge in [0.2, 0.25) is 0 Å². The summed E-state index contributed by atoms with van der Waals surface area (Å²) in [5.74, 6) is -0.284. The zero-order valence-electron chi connectivity index (χ0n) is 12.2. The van der Waals surface area contributed by atoms with Gasteiger partial charge in [-0.25, -0.2) is 0 Å². The highest BCUT2D eigenvalue weighted by molar-refractivity contribution is 6.26. The van der Waals surface area contributed by atoms with Crippen LogP contribution < -0.4 is 0 Å². The molecule has 4 rings (SSSR count). The molecular formula is C20H13NO2. The quantitative estimate of drug-likeness (QED) is 0.767. The number of benzene rings is 2. The van der Waals surface area contributed by atoms with Gasteiger partial charge in [-0.05, 0) is 23.3 Å². The van der Waals surface area contributed by atoms with Crippen LogP contribution in [0.25, 0.3) is 22.5 Å². The second-order valence-electron chi connectivity index (χ2n) is 5.42. The topological polar surface area (TPSA) is 49.9 Å². The summed E-state index contributed by atoms with van der Waals surface area (Å²) in [4.78, 5) is 28.1. The van der Waals surface area contributed by atoms with Gasteiger partial charge in [-0.15, -0.1) is 0 Å². The van der Waals surface area contributed by atoms with Crippen molar-refractivity contribution in [2.45, 2.75) is 0 Å². The molecule has 0 radical (unpaired) electrons. The molecule has 3 nitrogen and oxygen atoms in total. The number of H-pyrrole nitrogens is 1. The molecule has 1 N–H and O–H groups in total. The highest BCUT2D eigenvalue weighted by atomic mass is 16.1. The van der Waals surface area contributed by atoms with Crippen LogP contribution in [0.1, 0.15) is 20.7 Å². The molecule has 1 aliphatic carbocycles. The third-order valence-corrected chi connectivity index (χ3v) is 4.00. The zero-order chi connectivity index (χ0) is 15.8. The molecule has 3 aromatic rings. The van der Waals surface area contributed by atoms with Crippen molar-refractivity contribution in [3.8, 4) is 22.5 Å². The van der Waals surface area contributed by atoms with Gasteiger partial charge < -0.3 is 4.98 Å². The van der Waals surface area contributed by atoms with Crippen LogP contribution in [0.15, 0.2) is 72.8 Å². The van der Waals surface area contributed by atoms with Crippen molar-refractivity contribution in [3.05, 3.63) is 83.9 Å². The summed E-state index contributed by atoms with van der Waals surface area (Å²) in [7, 11) is 0. The predicted molar refractivity (Wildman–Crippen MR) is 89.5 cm³/mol. The van der Waals surface area contributed by atoms with E-state index in [0.29, 0.717) is 22.5 Å². The minimum Gasteiger partial charge on any atom is -0.353 e. The summed E-state index contributed by atoms with van der Waals surface area (Å²) in [6.07, 6.45) is 2.69. The maximum atomic E-state index is 12.4. The molecule has 0 unspecified atom stereocenters. The van der Waals surface area contributed by atoms with Crippen molar-refractivity contribution in [1.82, 2.24) is 4.98 Å². The minimum atomic E-state index is -0.142. The molecule has 2 aromatic carbocycles. The summed E-state index contributed by atoms with van der Waals surface area (Å²) < 4.78 is 0. The first-order chi connectivity index (χ1) is 11.3. The predicted octanol–water partition coefficient (Wildman–Crippen LogP) is 4.28. The van der Waals surface area contributed by atoms with E-state index in [1.54, 1.807) is 0 Å². The average Bonchev–Trinajstić information content (AvgIpc) is 3.02. The van der Waals surface area contributed by atoms with Gasteiger partial charge in [0.1, 0.15) is 0 Å². The molecule has 0 amide bonds. The first-order valence-corrected chi connectivity index (χ1v) is 7.39. The summed E-state index contributed by atoms with van der Waals surface area (Å²) in [6.45, 7) is 0. The molecule has 110 valence electrons. The van der Waals surface area contributed by atoms with Crippen LogP contribution in [0.2, 0.25) is 0 Å². The Morgan fingerprint density at radius 2 is 0.957 bits per heavy atom. The Kier molecular flexibility index (Phi) is 3.05. The highest BCUT2D eigenvalue weighted by Crippen LogP contribution is 2.36. The Bertz CT molecular complexity index is 859. The Morgan fingerprint density at radius 3 is 1.35 bits per heavy atom. The summed E-state index contributed by atoms with van der Waals surface area (Å²) in [5.41, 5.74) is 4.10. The van der Waals surface area contributed by atoms with E-state index < -0.39 is 0 Å². The zero-order valence-corrected chi connectivity index (χ0v) is 12.2. The van der Waals surface area contributed by atoms with Crippen LogP contribution in [0.3, 0.4) is 0 Å². The average molecular weight is 299 g/mol. The van der Waals surface area contributed by atoms with Crippen LogP contribution in [0.5, 0.6) is 0 Å². The molecule has 1 heterocycles. The Labute approximate surface area is 133 Å². The number of carbonyl (C=O) groups excluding carboxylic acids is 2. The molecule has 1 aliphatic rings. The fraction of sp³-hybridized carbons (Fsp3) is 0. The smallest absolute Gasteiger partial charge is 0.188 e. The molecular weight excluding hydrogens is 286 g/mol. The molecule has 0 spiro atoms. The van der Waals surface area contributed by atoms with E-state index in [2.05, 4.69) is 4.98 Å². The first kappa shape index (κ1) is 13.5. The second kappa shape index (κ2) is 5.21. The second-order valence-corrected chi connectivity index (χ2v) is 5.42. The summed E-state index contributed by atoms with van der Waals surface area (Å²) in [6, 6.07) is 19.2. The van der Waals surface area contributed by atoms with Crippen LogP contribution in [-0.2, 0) is 0 Å². The largest absolute Gasteiger partial charge is 0.353 e. The van der Waals surface area contributed by atoms with Gasteiger partial charge in [-0.3, -0.25) is 9.59 Å². The molecule has 0 saturated heterocycles. The van der Waals surface area contributed by atoms with Gasteiger partial charge in [0.15, 0.2) is 11.6 Å². The van der Waals surface area contributed by atoms with Crippen molar-refractivity contribution < 1.29 is 9.59 Å². The monoisotopic (exact) mass is 299 g/mol. The lowest BCUT2D eigenvalue weighted by atomic mass is 9.92. The SMILES string of the molecule is O=C1C=CC(=O)c2c(-c3ccccc3)[nH]c(-c3ccccc3)c21. The lowest BCUT2D eigenvalue weighted by Crippen LogP contribution is -2.10. The first-order valence-electron chi connectivity index (χ1n) is 7.39.